The lowest BCUT2D eigenvalue weighted by Crippen LogP contribution is -2.41. The number of hydrogen-bond donors (Lipinski definition) is 1. The SMILES string of the molecule is Cc1cccc(=O)n1CCC(=O)N1CCCC(Cn2cc(C(=O)O)nn2)C1. The predicted octanol–water partition coefficient (Wildman–Crippen LogP) is 0.775. The van der Waals surface area contributed by atoms with Crippen LogP contribution in [0.25, 0.3) is 0 Å². The first kappa shape index (κ1) is 18.8. The van der Waals surface area contributed by atoms with Gasteiger partial charge in [-0.05, 0) is 31.7 Å². The summed E-state index contributed by atoms with van der Waals surface area (Å²) in [6.45, 7) is 4.06. The van der Waals surface area contributed by atoms with E-state index in [0.717, 1.165) is 18.5 Å². The zero-order chi connectivity index (χ0) is 19.4. The Labute approximate surface area is 156 Å². The van der Waals surface area contributed by atoms with Gasteiger partial charge in [0.15, 0.2) is 5.69 Å². The first-order valence-corrected chi connectivity index (χ1v) is 9.01. The van der Waals surface area contributed by atoms with Crippen LogP contribution in [0.2, 0.25) is 0 Å². The number of nitrogens with zero attached hydrogens (tertiary/aromatic N) is 5. The summed E-state index contributed by atoms with van der Waals surface area (Å²) in [6, 6.07) is 5.06. The molecule has 1 N–H and O–H groups in total. The molecule has 0 aliphatic carbocycles. The highest BCUT2D eigenvalue weighted by Crippen LogP contribution is 2.19. The van der Waals surface area contributed by atoms with E-state index in [-0.39, 0.29) is 29.5 Å². The fourth-order valence-electron chi connectivity index (χ4n) is 3.47. The maximum Gasteiger partial charge on any atom is 0.358 e. The molecule has 0 aromatic carbocycles. The molecule has 0 spiro atoms. The average Bonchev–Trinajstić information content (AvgIpc) is 3.10. The number of carbonyl (C=O) groups is 2. The van der Waals surface area contributed by atoms with Gasteiger partial charge in [-0.2, -0.15) is 0 Å². The van der Waals surface area contributed by atoms with E-state index < -0.39 is 5.97 Å². The molecule has 144 valence electrons. The second-order valence-electron chi connectivity index (χ2n) is 6.89. The van der Waals surface area contributed by atoms with Crippen LogP contribution >= 0.6 is 0 Å². The van der Waals surface area contributed by atoms with Crippen LogP contribution in [-0.4, -0.2) is 54.5 Å². The summed E-state index contributed by atoms with van der Waals surface area (Å²) in [5.41, 5.74) is 0.661. The van der Waals surface area contributed by atoms with Gasteiger partial charge in [0, 0.05) is 44.4 Å². The Hall–Kier alpha value is -2.97. The summed E-state index contributed by atoms with van der Waals surface area (Å²) >= 11 is 0. The Bertz CT molecular complexity index is 888. The van der Waals surface area contributed by atoms with Crippen molar-refractivity contribution >= 4 is 11.9 Å². The molecule has 1 saturated heterocycles. The quantitative estimate of drug-likeness (QED) is 0.801. The number of pyridine rings is 1. The zero-order valence-corrected chi connectivity index (χ0v) is 15.2. The van der Waals surface area contributed by atoms with Gasteiger partial charge in [0.2, 0.25) is 5.91 Å². The normalized spacial score (nSPS) is 17.1. The van der Waals surface area contributed by atoms with Crippen LogP contribution in [-0.2, 0) is 17.9 Å². The average molecular weight is 373 g/mol. The number of hydrogen-bond acceptors (Lipinski definition) is 5. The van der Waals surface area contributed by atoms with Crippen molar-refractivity contribution in [3.8, 4) is 0 Å². The molecule has 1 aliphatic heterocycles. The summed E-state index contributed by atoms with van der Waals surface area (Å²) in [5, 5.41) is 16.4. The fourth-order valence-corrected chi connectivity index (χ4v) is 3.47. The van der Waals surface area contributed by atoms with E-state index in [9.17, 15) is 14.4 Å². The van der Waals surface area contributed by atoms with Crippen LogP contribution in [0, 0.1) is 12.8 Å². The van der Waals surface area contributed by atoms with Crippen LogP contribution < -0.4 is 5.56 Å². The van der Waals surface area contributed by atoms with Gasteiger partial charge in [-0.25, -0.2) is 4.79 Å². The van der Waals surface area contributed by atoms with Gasteiger partial charge >= 0.3 is 5.97 Å². The minimum absolute atomic E-state index is 0.0275. The minimum Gasteiger partial charge on any atom is -0.476 e. The minimum atomic E-state index is -1.10. The lowest BCUT2D eigenvalue weighted by atomic mass is 9.98. The maximum atomic E-state index is 12.6. The van der Waals surface area contributed by atoms with E-state index >= 15 is 0 Å². The molecule has 3 heterocycles. The first-order valence-electron chi connectivity index (χ1n) is 9.01. The number of amides is 1. The van der Waals surface area contributed by atoms with E-state index in [1.54, 1.807) is 10.6 Å². The number of carboxylic acid groups (broad SMARTS) is 1. The maximum absolute atomic E-state index is 12.6. The first-order chi connectivity index (χ1) is 12.9. The van der Waals surface area contributed by atoms with Crippen molar-refractivity contribution in [1.82, 2.24) is 24.5 Å². The number of aryl methyl sites for hydroxylation is 1. The topological polar surface area (TPSA) is 110 Å². The van der Waals surface area contributed by atoms with Crippen LogP contribution in [0.1, 0.15) is 35.4 Å². The molecule has 27 heavy (non-hydrogen) atoms. The number of aromatic nitrogens is 4. The number of likely N-dealkylation sites (tertiary alicyclic amines) is 1. The van der Waals surface area contributed by atoms with Crippen LogP contribution in [0.15, 0.2) is 29.2 Å². The second kappa shape index (κ2) is 8.15. The zero-order valence-electron chi connectivity index (χ0n) is 15.2. The molecule has 1 unspecified atom stereocenters. The molecule has 1 amide bonds. The summed E-state index contributed by atoms with van der Waals surface area (Å²) < 4.78 is 3.14. The highest BCUT2D eigenvalue weighted by molar-refractivity contribution is 5.84. The third-order valence-corrected chi connectivity index (χ3v) is 4.89. The van der Waals surface area contributed by atoms with Gasteiger partial charge in [-0.1, -0.05) is 11.3 Å². The number of aromatic carboxylic acids is 1. The van der Waals surface area contributed by atoms with Crippen molar-refractivity contribution in [2.24, 2.45) is 5.92 Å². The monoisotopic (exact) mass is 373 g/mol. The Morgan fingerprint density at radius 2 is 2.15 bits per heavy atom. The summed E-state index contributed by atoms with van der Waals surface area (Å²) in [7, 11) is 0. The molecule has 2 aromatic rings. The van der Waals surface area contributed by atoms with Gasteiger partial charge in [0.1, 0.15) is 0 Å². The smallest absolute Gasteiger partial charge is 0.358 e. The molecule has 2 aromatic heterocycles. The van der Waals surface area contributed by atoms with Crippen molar-refractivity contribution in [2.45, 2.75) is 39.3 Å². The number of piperidine rings is 1. The lowest BCUT2D eigenvalue weighted by Gasteiger charge is -2.32. The molecule has 0 saturated carbocycles. The number of carboxylic acids is 1. The van der Waals surface area contributed by atoms with Crippen LogP contribution in [0.4, 0.5) is 0 Å². The number of rotatable bonds is 6. The third kappa shape index (κ3) is 4.60. The molecule has 1 atom stereocenters. The van der Waals surface area contributed by atoms with Gasteiger partial charge in [-0.3, -0.25) is 14.3 Å². The molecule has 1 fully saturated rings. The van der Waals surface area contributed by atoms with Crippen LogP contribution in [0.3, 0.4) is 0 Å². The van der Waals surface area contributed by atoms with E-state index in [1.165, 1.54) is 16.9 Å². The van der Waals surface area contributed by atoms with Gasteiger partial charge in [0.25, 0.3) is 5.56 Å². The van der Waals surface area contributed by atoms with E-state index in [4.69, 9.17) is 5.11 Å². The molecule has 3 rings (SSSR count). The highest BCUT2D eigenvalue weighted by Gasteiger charge is 2.24. The predicted molar refractivity (Wildman–Crippen MR) is 96.3 cm³/mol. The fraction of sp³-hybridized carbons (Fsp3) is 0.500. The summed E-state index contributed by atoms with van der Waals surface area (Å²) in [5.74, 6) is -0.875. The van der Waals surface area contributed by atoms with Crippen molar-refractivity contribution in [1.29, 1.82) is 0 Å². The summed E-state index contributed by atoms with van der Waals surface area (Å²) in [6.07, 6.45) is 3.53. The van der Waals surface area contributed by atoms with Crippen molar-refractivity contribution in [3.63, 3.8) is 0 Å². The van der Waals surface area contributed by atoms with Gasteiger partial charge in [-0.15, -0.1) is 5.10 Å². The Kier molecular flexibility index (Phi) is 5.68. The third-order valence-electron chi connectivity index (χ3n) is 4.89. The second-order valence-corrected chi connectivity index (χ2v) is 6.89. The molecule has 0 radical (unpaired) electrons. The molecular formula is C18H23N5O4. The molecule has 9 heteroatoms. The summed E-state index contributed by atoms with van der Waals surface area (Å²) in [4.78, 5) is 37.2. The van der Waals surface area contributed by atoms with E-state index in [2.05, 4.69) is 10.3 Å². The van der Waals surface area contributed by atoms with Crippen molar-refractivity contribution in [3.05, 3.63) is 46.1 Å². The largest absolute Gasteiger partial charge is 0.476 e. The van der Waals surface area contributed by atoms with Gasteiger partial charge < -0.3 is 14.6 Å². The lowest BCUT2D eigenvalue weighted by molar-refractivity contribution is -0.133. The molecule has 0 bridgehead atoms. The highest BCUT2D eigenvalue weighted by atomic mass is 16.4. The molecule has 1 aliphatic rings. The Balaban J connectivity index is 1.56. The molecular weight excluding hydrogens is 350 g/mol. The Morgan fingerprint density at radius 1 is 1.33 bits per heavy atom. The Morgan fingerprint density at radius 3 is 2.85 bits per heavy atom. The van der Waals surface area contributed by atoms with Crippen LogP contribution in [0.5, 0.6) is 0 Å². The van der Waals surface area contributed by atoms with E-state index in [0.29, 0.717) is 26.2 Å². The molecule has 9 nitrogen and oxygen atoms in total. The van der Waals surface area contributed by atoms with Gasteiger partial charge in [0.05, 0.1) is 6.20 Å². The number of carbonyl (C=O) groups excluding carboxylic acids is 1. The standard InChI is InChI=1S/C18H23N5O4/c1-13-4-2-6-17(25)23(13)9-7-16(24)21-8-3-5-14(10-21)11-22-12-15(18(26)27)19-20-22/h2,4,6,12,14H,3,5,7-11H2,1H3,(H,26,27). The van der Waals surface area contributed by atoms with Crippen molar-refractivity contribution < 1.29 is 14.7 Å². The van der Waals surface area contributed by atoms with Crippen molar-refractivity contribution in [2.75, 3.05) is 13.1 Å². The van der Waals surface area contributed by atoms with E-state index in [1.807, 2.05) is 17.9 Å².